The van der Waals surface area contributed by atoms with E-state index in [1.807, 2.05) is 11.3 Å². The normalized spacial score (nSPS) is 13.3. The maximum atomic E-state index is 2.43. The van der Waals surface area contributed by atoms with Crippen LogP contribution in [-0.2, 0) is 5.41 Å². The number of thiophene rings is 1. The minimum atomic E-state index is -0.0276. The quantitative estimate of drug-likeness (QED) is 0.196. The van der Waals surface area contributed by atoms with E-state index in [0.717, 1.165) is 17.1 Å². The average molecular weight is 594 g/mol. The van der Waals surface area contributed by atoms with Gasteiger partial charge >= 0.3 is 0 Å². The maximum Gasteiger partial charge on any atom is 0.0468 e. The van der Waals surface area contributed by atoms with Crippen molar-refractivity contribution in [2.75, 3.05) is 4.90 Å². The molecule has 0 saturated carbocycles. The summed E-state index contributed by atoms with van der Waals surface area (Å²) in [4.78, 5) is 2.43. The zero-order valence-corrected chi connectivity index (χ0v) is 26.1. The lowest BCUT2D eigenvalue weighted by atomic mass is 9.82. The first-order valence-corrected chi connectivity index (χ1v) is 16.4. The van der Waals surface area contributed by atoms with E-state index >= 15 is 0 Å². The van der Waals surface area contributed by atoms with Gasteiger partial charge in [-0.1, -0.05) is 117 Å². The minimum absolute atomic E-state index is 0.0276. The lowest BCUT2D eigenvalue weighted by Crippen LogP contribution is -2.15. The first kappa shape index (κ1) is 26.2. The SMILES string of the molecule is CC1(C)c2ccccc2-c2cc(N(c3cccc(-c4ccccc4)c3)c3ccc4c(ccc5sc6ccccc6c54)c3)ccc21. The molecule has 0 saturated heterocycles. The zero-order chi connectivity index (χ0) is 30.1. The summed E-state index contributed by atoms with van der Waals surface area (Å²) in [5, 5.41) is 5.24. The molecule has 0 aliphatic heterocycles. The number of hydrogen-bond acceptors (Lipinski definition) is 2. The van der Waals surface area contributed by atoms with Gasteiger partial charge in [0, 0.05) is 42.6 Å². The van der Waals surface area contributed by atoms with Crippen LogP contribution >= 0.6 is 11.3 Å². The van der Waals surface area contributed by atoms with Crippen LogP contribution in [0.3, 0.4) is 0 Å². The van der Waals surface area contributed by atoms with Crippen molar-refractivity contribution >= 4 is 59.3 Å². The third kappa shape index (κ3) is 4.06. The highest BCUT2D eigenvalue weighted by atomic mass is 32.1. The van der Waals surface area contributed by atoms with Crippen LogP contribution in [0.4, 0.5) is 17.1 Å². The topological polar surface area (TPSA) is 3.24 Å². The van der Waals surface area contributed by atoms with Gasteiger partial charge in [0.25, 0.3) is 0 Å². The molecule has 0 amide bonds. The van der Waals surface area contributed by atoms with Gasteiger partial charge in [-0.2, -0.15) is 0 Å². The molecular weight excluding hydrogens is 563 g/mol. The van der Waals surface area contributed by atoms with Crippen molar-refractivity contribution in [2.45, 2.75) is 19.3 Å². The molecule has 0 atom stereocenters. The predicted octanol–water partition coefficient (Wildman–Crippen LogP) is 12.7. The predicted molar refractivity (Wildman–Crippen MR) is 195 cm³/mol. The number of rotatable bonds is 4. The van der Waals surface area contributed by atoms with Crippen molar-refractivity contribution in [3.63, 3.8) is 0 Å². The Balaban J connectivity index is 1.26. The van der Waals surface area contributed by atoms with Crippen molar-refractivity contribution < 1.29 is 0 Å². The molecule has 0 fully saturated rings. The van der Waals surface area contributed by atoms with E-state index in [0.29, 0.717) is 0 Å². The van der Waals surface area contributed by atoms with Crippen LogP contribution in [0.5, 0.6) is 0 Å². The Labute approximate surface area is 267 Å². The molecule has 8 aromatic rings. The highest BCUT2D eigenvalue weighted by Crippen LogP contribution is 2.51. The fourth-order valence-electron chi connectivity index (χ4n) is 7.43. The van der Waals surface area contributed by atoms with Gasteiger partial charge in [-0.05, 0) is 92.7 Å². The summed E-state index contributed by atoms with van der Waals surface area (Å²) in [7, 11) is 0. The Morgan fingerprint density at radius 1 is 0.467 bits per heavy atom. The van der Waals surface area contributed by atoms with Gasteiger partial charge in [-0.15, -0.1) is 11.3 Å². The highest BCUT2D eigenvalue weighted by molar-refractivity contribution is 7.26. The molecule has 1 aliphatic carbocycles. The third-order valence-corrected chi connectivity index (χ3v) is 10.8. The highest BCUT2D eigenvalue weighted by Gasteiger charge is 2.35. The summed E-state index contributed by atoms with van der Waals surface area (Å²) in [6.45, 7) is 4.69. The minimum Gasteiger partial charge on any atom is -0.310 e. The summed E-state index contributed by atoms with van der Waals surface area (Å²) in [6.07, 6.45) is 0. The molecule has 1 nitrogen and oxygen atoms in total. The Kier molecular flexibility index (Phi) is 5.78. The zero-order valence-electron chi connectivity index (χ0n) is 25.3. The van der Waals surface area contributed by atoms with Crippen molar-refractivity contribution in [3.8, 4) is 22.3 Å². The van der Waals surface area contributed by atoms with Crippen LogP contribution in [0.2, 0.25) is 0 Å². The van der Waals surface area contributed by atoms with E-state index in [-0.39, 0.29) is 5.41 Å². The number of nitrogens with zero attached hydrogens (tertiary/aromatic N) is 1. The van der Waals surface area contributed by atoms with Gasteiger partial charge in [0.05, 0.1) is 0 Å². The second kappa shape index (κ2) is 9.92. The van der Waals surface area contributed by atoms with Gasteiger partial charge in [0.1, 0.15) is 0 Å². The molecule has 214 valence electrons. The van der Waals surface area contributed by atoms with E-state index in [1.165, 1.54) is 64.3 Å². The molecule has 1 aliphatic rings. The lowest BCUT2D eigenvalue weighted by molar-refractivity contribution is 0.660. The van der Waals surface area contributed by atoms with E-state index in [1.54, 1.807) is 0 Å². The summed E-state index contributed by atoms with van der Waals surface area (Å²) in [6, 6.07) is 55.9. The van der Waals surface area contributed by atoms with E-state index in [4.69, 9.17) is 0 Å². The molecule has 0 bridgehead atoms. The van der Waals surface area contributed by atoms with Crippen LogP contribution in [0, 0.1) is 0 Å². The molecule has 45 heavy (non-hydrogen) atoms. The number of hydrogen-bond donors (Lipinski definition) is 0. The Hall–Kier alpha value is -5.18. The molecule has 1 heterocycles. The Morgan fingerprint density at radius 3 is 2.09 bits per heavy atom. The first-order chi connectivity index (χ1) is 22.1. The van der Waals surface area contributed by atoms with Crippen molar-refractivity contribution in [1.29, 1.82) is 0 Å². The van der Waals surface area contributed by atoms with Crippen molar-refractivity contribution in [1.82, 2.24) is 0 Å². The summed E-state index contributed by atoms with van der Waals surface area (Å²) in [5.41, 5.74) is 11.3. The Bertz CT molecular complexity index is 2410. The van der Waals surface area contributed by atoms with E-state index < -0.39 is 0 Å². The fourth-order valence-corrected chi connectivity index (χ4v) is 8.55. The average Bonchev–Trinajstić information content (AvgIpc) is 3.58. The maximum absolute atomic E-state index is 2.43. The fraction of sp³-hybridized carbons (Fsp3) is 0.0698. The van der Waals surface area contributed by atoms with Gasteiger partial charge < -0.3 is 4.90 Å². The Morgan fingerprint density at radius 2 is 1.18 bits per heavy atom. The van der Waals surface area contributed by atoms with Crippen LogP contribution < -0.4 is 4.90 Å². The standard InChI is InChI=1S/C43H31NS/c1-43(2)38-17-8-6-15-35(38)37-27-33(21-23-39(37)43)44(31-14-10-13-29(25-31)28-11-4-3-5-12-28)32-20-22-34-30(26-32)19-24-41-42(34)36-16-7-9-18-40(36)45-41/h3-27H,1-2H3. The van der Waals surface area contributed by atoms with Crippen LogP contribution in [0.1, 0.15) is 25.0 Å². The summed E-state index contributed by atoms with van der Waals surface area (Å²) in [5.74, 6) is 0. The van der Waals surface area contributed by atoms with Gasteiger partial charge in [-0.25, -0.2) is 0 Å². The summed E-state index contributed by atoms with van der Waals surface area (Å²) >= 11 is 1.88. The number of fused-ring (bicyclic) bond motifs is 8. The van der Waals surface area contributed by atoms with Gasteiger partial charge in [0.15, 0.2) is 0 Å². The summed E-state index contributed by atoms with van der Waals surface area (Å²) < 4.78 is 2.67. The molecule has 7 aromatic carbocycles. The largest absolute Gasteiger partial charge is 0.310 e. The third-order valence-electron chi connectivity index (χ3n) is 9.64. The molecular formula is C43H31NS. The number of benzene rings is 7. The first-order valence-electron chi connectivity index (χ1n) is 15.6. The molecule has 0 radical (unpaired) electrons. The van der Waals surface area contributed by atoms with Gasteiger partial charge in [0.2, 0.25) is 0 Å². The second-order valence-corrected chi connectivity index (χ2v) is 13.7. The second-order valence-electron chi connectivity index (χ2n) is 12.6. The number of anilines is 3. The van der Waals surface area contributed by atoms with E-state index in [9.17, 15) is 0 Å². The molecule has 0 spiro atoms. The lowest BCUT2D eigenvalue weighted by Gasteiger charge is -2.28. The van der Waals surface area contributed by atoms with E-state index in [2.05, 4.69) is 170 Å². The van der Waals surface area contributed by atoms with Crippen molar-refractivity contribution in [2.24, 2.45) is 0 Å². The van der Waals surface area contributed by atoms with Crippen LogP contribution in [0.15, 0.2) is 152 Å². The molecule has 1 aromatic heterocycles. The monoisotopic (exact) mass is 593 g/mol. The molecule has 0 N–H and O–H groups in total. The van der Waals surface area contributed by atoms with Gasteiger partial charge in [-0.3, -0.25) is 0 Å². The van der Waals surface area contributed by atoms with Crippen molar-refractivity contribution in [3.05, 3.63) is 163 Å². The molecule has 0 unspecified atom stereocenters. The van der Waals surface area contributed by atoms with Crippen LogP contribution in [-0.4, -0.2) is 0 Å². The molecule has 9 rings (SSSR count). The van der Waals surface area contributed by atoms with Crippen LogP contribution in [0.25, 0.3) is 53.2 Å². The smallest absolute Gasteiger partial charge is 0.0468 e. The molecule has 2 heteroatoms.